The highest BCUT2D eigenvalue weighted by atomic mass is 16.5. The second kappa shape index (κ2) is 29.9. The zero-order chi connectivity index (χ0) is 31.1. The molecule has 0 fully saturated rings. The molecule has 0 atom stereocenters. The summed E-state index contributed by atoms with van der Waals surface area (Å²) in [7, 11) is 0. The highest BCUT2D eigenvalue weighted by Gasteiger charge is 1.96. The molecular formula is C40H64O2. The molecule has 2 nitrogen and oxygen atoms in total. The van der Waals surface area contributed by atoms with Crippen molar-refractivity contribution in [3.8, 4) is 0 Å². The Morgan fingerprint density at radius 2 is 1.00 bits per heavy atom. The third-order valence-corrected chi connectivity index (χ3v) is 7.21. The van der Waals surface area contributed by atoms with Gasteiger partial charge in [-0.3, -0.25) is 0 Å². The fourth-order valence-electron chi connectivity index (χ4n) is 4.44. The van der Waals surface area contributed by atoms with Gasteiger partial charge in [-0.1, -0.05) is 141 Å². The highest BCUT2D eigenvalue weighted by molar-refractivity contribution is 5.82. The van der Waals surface area contributed by atoms with Crippen LogP contribution in [0.5, 0.6) is 0 Å². The number of carbonyl (C=O) groups excluding carboxylic acids is 1. The van der Waals surface area contributed by atoms with E-state index in [-0.39, 0.29) is 5.97 Å². The second-order valence-electron chi connectivity index (χ2n) is 11.9. The number of hydrogen-bond acceptors (Lipinski definition) is 2. The van der Waals surface area contributed by atoms with Crippen LogP contribution in [0.25, 0.3) is 0 Å². The van der Waals surface area contributed by atoms with Gasteiger partial charge in [0, 0.05) is 6.08 Å². The summed E-state index contributed by atoms with van der Waals surface area (Å²) in [4.78, 5) is 11.9. The molecule has 0 rings (SSSR count). The summed E-state index contributed by atoms with van der Waals surface area (Å²) in [6.07, 6.45) is 44.4. The molecule has 0 N–H and O–H groups in total. The van der Waals surface area contributed by atoms with Crippen LogP contribution < -0.4 is 0 Å². The maximum atomic E-state index is 11.9. The van der Waals surface area contributed by atoms with Gasteiger partial charge in [-0.15, -0.1) is 0 Å². The van der Waals surface area contributed by atoms with Crippen molar-refractivity contribution in [2.45, 2.75) is 144 Å². The van der Waals surface area contributed by atoms with Crippen LogP contribution in [-0.2, 0) is 9.53 Å². The first-order valence-electron chi connectivity index (χ1n) is 16.8. The van der Waals surface area contributed by atoms with Crippen LogP contribution in [0.1, 0.15) is 144 Å². The minimum absolute atomic E-state index is 0.312. The Bertz CT molecular complexity index is 913. The Kier molecular flexibility index (Phi) is 28.0. The summed E-state index contributed by atoms with van der Waals surface area (Å²) in [5.41, 5.74) is 5.58. The maximum absolute atomic E-state index is 11.9. The number of allylic oxidation sites excluding steroid dienone is 14. The Balaban J connectivity index is 3.93. The molecule has 0 aromatic rings. The van der Waals surface area contributed by atoms with Crippen LogP contribution in [0, 0.1) is 0 Å². The number of esters is 1. The van der Waals surface area contributed by atoms with Crippen LogP contribution in [0.15, 0.2) is 95.2 Å². The van der Waals surface area contributed by atoms with E-state index in [1.165, 1.54) is 86.2 Å². The molecule has 2 heteroatoms. The predicted molar refractivity (Wildman–Crippen MR) is 188 cm³/mol. The molecule has 0 saturated carbocycles. The molecule has 0 unspecified atom stereocenters. The Labute approximate surface area is 261 Å². The van der Waals surface area contributed by atoms with E-state index in [1.54, 1.807) is 6.08 Å². The van der Waals surface area contributed by atoms with Crippen molar-refractivity contribution in [2.75, 3.05) is 6.61 Å². The van der Waals surface area contributed by atoms with Crippen molar-refractivity contribution in [3.05, 3.63) is 95.2 Å². The van der Waals surface area contributed by atoms with Gasteiger partial charge in [0.05, 0.1) is 0 Å². The largest absolute Gasteiger partial charge is 0.458 e. The van der Waals surface area contributed by atoms with E-state index in [1.807, 2.05) is 30.4 Å². The topological polar surface area (TPSA) is 26.3 Å². The molecule has 0 aromatic carbocycles. The van der Waals surface area contributed by atoms with Crippen molar-refractivity contribution in [3.63, 3.8) is 0 Å². The maximum Gasteiger partial charge on any atom is 0.331 e. The summed E-state index contributed by atoms with van der Waals surface area (Å²) in [5.74, 6) is -0.312. The zero-order valence-corrected chi connectivity index (χ0v) is 28.3. The first-order chi connectivity index (χ1) is 20.3. The number of rotatable bonds is 25. The van der Waals surface area contributed by atoms with E-state index >= 15 is 0 Å². The molecule has 0 aromatic heterocycles. The van der Waals surface area contributed by atoms with Crippen LogP contribution in [0.4, 0.5) is 0 Å². The fraction of sp³-hybridized carbons (Fsp3) is 0.575. The van der Waals surface area contributed by atoms with Crippen LogP contribution in [0.2, 0.25) is 0 Å². The van der Waals surface area contributed by atoms with Crippen LogP contribution >= 0.6 is 0 Å². The first kappa shape index (κ1) is 39.4. The molecule has 42 heavy (non-hydrogen) atoms. The van der Waals surface area contributed by atoms with Gasteiger partial charge in [-0.2, -0.15) is 0 Å². The first-order valence-corrected chi connectivity index (χ1v) is 16.8. The molecule has 0 aliphatic carbocycles. The van der Waals surface area contributed by atoms with Crippen molar-refractivity contribution < 1.29 is 9.53 Å². The molecular weight excluding hydrogens is 512 g/mol. The third-order valence-electron chi connectivity index (χ3n) is 7.21. The number of unbranched alkanes of at least 4 members (excludes halogenated alkanes) is 9. The quantitative estimate of drug-likeness (QED) is 0.0355. The van der Waals surface area contributed by atoms with E-state index in [4.69, 9.17) is 4.74 Å². The lowest BCUT2D eigenvalue weighted by atomic mass is 10.0. The average molecular weight is 577 g/mol. The minimum atomic E-state index is -0.312. The smallest absolute Gasteiger partial charge is 0.331 e. The summed E-state index contributed by atoms with van der Waals surface area (Å²) in [5, 5.41) is 0. The molecule has 0 saturated heterocycles. The second-order valence-corrected chi connectivity index (χ2v) is 11.9. The predicted octanol–water partition coefficient (Wildman–Crippen LogP) is 12.8. The van der Waals surface area contributed by atoms with E-state index in [0.717, 1.165) is 44.9 Å². The van der Waals surface area contributed by atoms with Crippen molar-refractivity contribution in [1.29, 1.82) is 0 Å². The summed E-state index contributed by atoms with van der Waals surface area (Å²) in [6, 6.07) is 0. The normalized spacial score (nSPS) is 13.3. The van der Waals surface area contributed by atoms with E-state index in [2.05, 4.69) is 71.9 Å². The van der Waals surface area contributed by atoms with Crippen LogP contribution in [0.3, 0.4) is 0 Å². The van der Waals surface area contributed by atoms with Crippen molar-refractivity contribution in [2.24, 2.45) is 0 Å². The Morgan fingerprint density at radius 3 is 1.57 bits per heavy atom. The van der Waals surface area contributed by atoms with Gasteiger partial charge in [0.15, 0.2) is 0 Å². The zero-order valence-electron chi connectivity index (χ0n) is 28.3. The van der Waals surface area contributed by atoms with Gasteiger partial charge < -0.3 is 4.74 Å². The Hall–Kier alpha value is -2.61. The van der Waals surface area contributed by atoms with Crippen LogP contribution in [-0.4, -0.2) is 12.6 Å². The van der Waals surface area contributed by atoms with Crippen molar-refractivity contribution >= 4 is 5.97 Å². The lowest BCUT2D eigenvalue weighted by Gasteiger charge is -2.03. The molecule has 0 radical (unpaired) electrons. The number of ether oxygens (including phenoxy) is 1. The standard InChI is InChI=1S/C40H64O2/c1-7-8-9-10-11-12-13-14-15-16-17-18-19-20-21-22-23-33-40(41)42-35-34-39(6)32-26-31-38(5)30-25-29-37(4)28-24-27-36(2)3/h17-23,27,29,31,33-34H,7-16,24-26,28,30,32,35H2,1-6H3/b18-17?,20-19?,22-21?,33-23?,37-29+,38-31+,39-34+. The molecule has 236 valence electrons. The molecule has 0 spiro atoms. The molecule has 0 bridgehead atoms. The molecule has 0 heterocycles. The van der Waals surface area contributed by atoms with Gasteiger partial charge in [0.25, 0.3) is 0 Å². The number of carbonyl (C=O) groups is 1. The SMILES string of the molecule is CCCCCCCCCCCC=CC=CC=CC=CC(=O)OC/C=C(\C)CC/C=C(\C)CC/C=C(\C)CCC=C(C)C. The van der Waals surface area contributed by atoms with Gasteiger partial charge >= 0.3 is 5.97 Å². The van der Waals surface area contributed by atoms with Gasteiger partial charge in [-0.05, 0) is 92.1 Å². The molecule has 0 amide bonds. The number of hydrogen-bond donors (Lipinski definition) is 0. The Morgan fingerprint density at radius 1 is 0.524 bits per heavy atom. The monoisotopic (exact) mass is 576 g/mol. The van der Waals surface area contributed by atoms with E-state index in [0.29, 0.717) is 6.61 Å². The molecule has 0 aliphatic heterocycles. The highest BCUT2D eigenvalue weighted by Crippen LogP contribution is 2.14. The minimum Gasteiger partial charge on any atom is -0.458 e. The lowest BCUT2D eigenvalue weighted by molar-refractivity contribution is -0.136. The van der Waals surface area contributed by atoms with Gasteiger partial charge in [0.2, 0.25) is 0 Å². The van der Waals surface area contributed by atoms with E-state index < -0.39 is 0 Å². The summed E-state index contributed by atoms with van der Waals surface area (Å²) >= 11 is 0. The lowest BCUT2D eigenvalue weighted by Crippen LogP contribution is -2.00. The molecule has 0 aliphatic rings. The third kappa shape index (κ3) is 30.4. The summed E-state index contributed by atoms with van der Waals surface area (Å²) < 4.78 is 5.29. The van der Waals surface area contributed by atoms with Gasteiger partial charge in [-0.25, -0.2) is 4.79 Å². The average Bonchev–Trinajstić information content (AvgIpc) is 2.94. The fourth-order valence-corrected chi connectivity index (χ4v) is 4.44. The van der Waals surface area contributed by atoms with Crippen molar-refractivity contribution in [1.82, 2.24) is 0 Å². The van der Waals surface area contributed by atoms with E-state index in [9.17, 15) is 4.79 Å². The summed E-state index contributed by atoms with van der Waals surface area (Å²) in [6.45, 7) is 13.5. The van der Waals surface area contributed by atoms with Gasteiger partial charge in [0.1, 0.15) is 6.61 Å².